The van der Waals surface area contributed by atoms with Crippen LogP contribution in [0, 0.1) is 0 Å². The Bertz CT molecular complexity index is 178. The van der Waals surface area contributed by atoms with Crippen LogP contribution in [0.5, 0.6) is 0 Å². The molecule has 0 saturated carbocycles. The van der Waals surface area contributed by atoms with Crippen LogP contribution in [0.15, 0.2) is 0 Å². The molecule has 3 nitrogen and oxygen atoms in total. The van der Waals surface area contributed by atoms with Crippen molar-refractivity contribution in [3.05, 3.63) is 0 Å². The van der Waals surface area contributed by atoms with E-state index in [2.05, 4.69) is 12.2 Å². The number of carbonyl (C=O) groups excluding carboxylic acids is 1. The van der Waals surface area contributed by atoms with E-state index >= 15 is 0 Å². The smallest absolute Gasteiger partial charge is 0.220 e. The molecule has 0 aromatic heterocycles. The Morgan fingerprint density at radius 1 is 1.40 bits per heavy atom. The van der Waals surface area contributed by atoms with Gasteiger partial charge in [-0.25, -0.2) is 0 Å². The summed E-state index contributed by atoms with van der Waals surface area (Å²) in [6.07, 6.45) is 3.06. The molecule has 0 aliphatic rings. The third-order valence-corrected chi connectivity index (χ3v) is 2.93. The summed E-state index contributed by atoms with van der Waals surface area (Å²) in [5.74, 6) is 2.18. The van der Waals surface area contributed by atoms with Crippen LogP contribution < -0.4 is 11.1 Å². The Morgan fingerprint density at radius 3 is 2.60 bits per heavy atom. The summed E-state index contributed by atoms with van der Waals surface area (Å²) in [5, 5.41) is 2.84. The predicted molar refractivity (Wildman–Crippen MR) is 68.1 cm³/mol. The van der Waals surface area contributed by atoms with Crippen LogP contribution in [-0.2, 0) is 4.79 Å². The molecule has 90 valence electrons. The lowest BCUT2D eigenvalue weighted by molar-refractivity contribution is -0.120. The van der Waals surface area contributed by atoms with Crippen molar-refractivity contribution in [1.29, 1.82) is 0 Å². The van der Waals surface area contributed by atoms with Crippen LogP contribution in [-0.4, -0.2) is 29.5 Å². The van der Waals surface area contributed by atoms with E-state index in [-0.39, 0.29) is 11.4 Å². The van der Waals surface area contributed by atoms with Crippen molar-refractivity contribution in [3.8, 4) is 0 Å². The van der Waals surface area contributed by atoms with Crippen molar-refractivity contribution < 1.29 is 4.79 Å². The number of thioether (sulfide) groups is 1. The summed E-state index contributed by atoms with van der Waals surface area (Å²) in [4.78, 5) is 11.3. The molecular formula is C11H24N2OS. The lowest BCUT2D eigenvalue weighted by atomic mass is 10.1. The molecule has 0 radical (unpaired) electrons. The van der Waals surface area contributed by atoms with Gasteiger partial charge in [-0.3, -0.25) is 4.79 Å². The third-order valence-electron chi connectivity index (χ3n) is 1.86. The largest absolute Gasteiger partial charge is 0.354 e. The average molecular weight is 232 g/mol. The molecule has 0 bridgehead atoms. The number of unbranched alkanes of at least 4 members (excludes halogenated alkanes) is 1. The normalized spacial score (nSPS) is 11.5. The Morgan fingerprint density at radius 2 is 2.07 bits per heavy atom. The SMILES string of the molecule is CCCCSCCC(=O)NCC(C)(C)N. The number of carbonyl (C=O) groups is 1. The first-order valence-electron chi connectivity index (χ1n) is 5.59. The molecule has 1 amide bonds. The standard InChI is InChI=1S/C11H24N2OS/c1-4-5-7-15-8-6-10(14)13-9-11(2,3)12/h4-9,12H2,1-3H3,(H,13,14). The molecule has 0 fully saturated rings. The van der Waals surface area contributed by atoms with E-state index in [1.54, 1.807) is 0 Å². The van der Waals surface area contributed by atoms with Crippen LogP contribution in [0.1, 0.15) is 40.0 Å². The molecule has 0 spiro atoms. The van der Waals surface area contributed by atoms with Gasteiger partial charge in [-0.1, -0.05) is 13.3 Å². The predicted octanol–water partition coefficient (Wildman–Crippen LogP) is 1.76. The second-order valence-corrected chi connectivity index (χ2v) is 5.71. The van der Waals surface area contributed by atoms with Gasteiger partial charge in [-0.05, 0) is 26.0 Å². The van der Waals surface area contributed by atoms with Crippen LogP contribution in [0.25, 0.3) is 0 Å². The van der Waals surface area contributed by atoms with Gasteiger partial charge in [0.2, 0.25) is 5.91 Å². The minimum atomic E-state index is -0.314. The zero-order chi connectivity index (χ0) is 11.7. The highest BCUT2D eigenvalue weighted by Crippen LogP contribution is 2.05. The molecule has 0 heterocycles. The minimum Gasteiger partial charge on any atom is -0.354 e. The zero-order valence-corrected chi connectivity index (χ0v) is 11.0. The van der Waals surface area contributed by atoms with Crippen molar-refractivity contribution >= 4 is 17.7 Å². The van der Waals surface area contributed by atoms with Gasteiger partial charge in [0.15, 0.2) is 0 Å². The van der Waals surface area contributed by atoms with Gasteiger partial charge in [-0.2, -0.15) is 11.8 Å². The van der Waals surface area contributed by atoms with Crippen LogP contribution in [0.4, 0.5) is 0 Å². The Hall–Kier alpha value is -0.220. The number of rotatable bonds is 8. The molecular weight excluding hydrogens is 208 g/mol. The van der Waals surface area contributed by atoms with E-state index in [9.17, 15) is 4.79 Å². The van der Waals surface area contributed by atoms with Crippen LogP contribution in [0.3, 0.4) is 0 Å². The topological polar surface area (TPSA) is 55.1 Å². The second kappa shape index (κ2) is 7.99. The molecule has 0 aliphatic carbocycles. The Labute approximate surface area is 97.6 Å². The van der Waals surface area contributed by atoms with Gasteiger partial charge in [0.1, 0.15) is 0 Å². The van der Waals surface area contributed by atoms with E-state index in [0.717, 1.165) is 11.5 Å². The van der Waals surface area contributed by atoms with E-state index in [1.165, 1.54) is 12.8 Å². The molecule has 0 saturated heterocycles. The van der Waals surface area contributed by atoms with Crippen molar-refractivity contribution in [3.63, 3.8) is 0 Å². The Kier molecular flexibility index (Phi) is 7.88. The quantitative estimate of drug-likeness (QED) is 0.627. The highest BCUT2D eigenvalue weighted by atomic mass is 32.2. The molecule has 0 unspecified atom stereocenters. The molecule has 0 aliphatic heterocycles. The molecule has 0 atom stereocenters. The maximum atomic E-state index is 11.3. The summed E-state index contributed by atoms with van der Waals surface area (Å²) in [5.41, 5.74) is 5.44. The summed E-state index contributed by atoms with van der Waals surface area (Å²) in [6, 6.07) is 0. The fourth-order valence-corrected chi connectivity index (χ4v) is 1.95. The van der Waals surface area contributed by atoms with Gasteiger partial charge in [0.25, 0.3) is 0 Å². The van der Waals surface area contributed by atoms with E-state index in [0.29, 0.717) is 13.0 Å². The minimum absolute atomic E-state index is 0.109. The summed E-state index contributed by atoms with van der Waals surface area (Å²) >= 11 is 1.85. The van der Waals surface area contributed by atoms with Gasteiger partial charge in [0.05, 0.1) is 0 Å². The third kappa shape index (κ3) is 11.7. The number of nitrogens with one attached hydrogen (secondary N) is 1. The van der Waals surface area contributed by atoms with E-state index in [1.807, 2.05) is 25.6 Å². The molecule has 0 rings (SSSR count). The van der Waals surface area contributed by atoms with E-state index < -0.39 is 0 Å². The van der Waals surface area contributed by atoms with E-state index in [4.69, 9.17) is 5.73 Å². The first kappa shape index (κ1) is 14.8. The van der Waals surface area contributed by atoms with Crippen molar-refractivity contribution in [2.24, 2.45) is 5.73 Å². The zero-order valence-electron chi connectivity index (χ0n) is 10.1. The summed E-state index contributed by atoms with van der Waals surface area (Å²) in [7, 11) is 0. The number of amides is 1. The summed E-state index contributed by atoms with van der Waals surface area (Å²) < 4.78 is 0. The first-order valence-corrected chi connectivity index (χ1v) is 6.74. The summed E-state index contributed by atoms with van der Waals surface area (Å²) in [6.45, 7) is 6.54. The van der Waals surface area contributed by atoms with Crippen LogP contribution in [0.2, 0.25) is 0 Å². The maximum Gasteiger partial charge on any atom is 0.220 e. The monoisotopic (exact) mass is 232 g/mol. The van der Waals surface area contributed by atoms with Crippen molar-refractivity contribution in [2.45, 2.75) is 45.6 Å². The molecule has 3 N–H and O–H groups in total. The van der Waals surface area contributed by atoms with Crippen LogP contribution >= 0.6 is 11.8 Å². The lowest BCUT2D eigenvalue weighted by Gasteiger charge is -2.18. The Balaban J connectivity index is 3.34. The fourth-order valence-electron chi connectivity index (χ4n) is 0.928. The highest BCUT2D eigenvalue weighted by Gasteiger charge is 2.11. The maximum absolute atomic E-state index is 11.3. The fraction of sp³-hybridized carbons (Fsp3) is 0.909. The second-order valence-electron chi connectivity index (χ2n) is 4.48. The number of hydrogen-bond acceptors (Lipinski definition) is 3. The van der Waals surface area contributed by atoms with Crippen molar-refractivity contribution in [1.82, 2.24) is 5.32 Å². The van der Waals surface area contributed by atoms with Gasteiger partial charge >= 0.3 is 0 Å². The number of hydrogen-bond donors (Lipinski definition) is 2. The van der Waals surface area contributed by atoms with Gasteiger partial charge < -0.3 is 11.1 Å². The molecule has 0 aromatic carbocycles. The number of nitrogens with two attached hydrogens (primary N) is 1. The molecule has 4 heteroatoms. The average Bonchev–Trinajstić information content (AvgIpc) is 2.13. The van der Waals surface area contributed by atoms with Gasteiger partial charge in [0, 0.05) is 24.3 Å². The molecule has 15 heavy (non-hydrogen) atoms. The highest BCUT2D eigenvalue weighted by molar-refractivity contribution is 7.99. The lowest BCUT2D eigenvalue weighted by Crippen LogP contribution is -2.45. The van der Waals surface area contributed by atoms with Crippen molar-refractivity contribution in [2.75, 3.05) is 18.1 Å². The molecule has 0 aromatic rings. The first-order chi connectivity index (χ1) is 6.95. The van der Waals surface area contributed by atoms with Gasteiger partial charge in [-0.15, -0.1) is 0 Å².